The predicted molar refractivity (Wildman–Crippen MR) is 82.5 cm³/mol. The Morgan fingerprint density at radius 3 is 2.95 bits per heavy atom. The molecule has 0 bridgehead atoms. The Kier molecular flexibility index (Phi) is 2.74. The normalized spacial score (nSPS) is 13.3. The van der Waals surface area contributed by atoms with Gasteiger partial charge in [-0.05, 0) is 49.1 Å². The molecule has 0 saturated carbocycles. The summed E-state index contributed by atoms with van der Waals surface area (Å²) in [5, 5.41) is 0.899. The molecule has 2 aromatic heterocycles. The molecule has 1 aromatic carbocycles. The van der Waals surface area contributed by atoms with Crippen LogP contribution in [0.4, 0.5) is 5.69 Å². The first-order valence-corrected chi connectivity index (χ1v) is 7.11. The Bertz CT molecular complexity index is 829. The summed E-state index contributed by atoms with van der Waals surface area (Å²) in [6.07, 6.45) is 5.07. The number of aryl methyl sites for hydroxylation is 2. The molecule has 104 valence electrons. The zero-order valence-corrected chi connectivity index (χ0v) is 11.5. The molecular weight excluding hydrogens is 262 g/mol. The molecule has 0 unspecified atom stereocenters. The summed E-state index contributed by atoms with van der Waals surface area (Å²) >= 11 is 0. The number of rotatable bonds is 2. The van der Waals surface area contributed by atoms with Gasteiger partial charge in [0.2, 0.25) is 5.88 Å². The molecule has 1 aliphatic carbocycles. The fourth-order valence-corrected chi connectivity index (χ4v) is 2.82. The third kappa shape index (κ3) is 2.09. The van der Waals surface area contributed by atoms with Crippen LogP contribution in [-0.4, -0.2) is 9.97 Å². The summed E-state index contributed by atoms with van der Waals surface area (Å²) in [4.78, 5) is 8.97. The Hall–Kier alpha value is -2.62. The Morgan fingerprint density at radius 2 is 2.00 bits per heavy atom. The van der Waals surface area contributed by atoms with Gasteiger partial charge >= 0.3 is 0 Å². The van der Waals surface area contributed by atoms with Crippen LogP contribution >= 0.6 is 0 Å². The van der Waals surface area contributed by atoms with Crippen molar-refractivity contribution in [1.29, 1.82) is 0 Å². The number of nitrogen functional groups attached to an aromatic ring is 1. The van der Waals surface area contributed by atoms with E-state index >= 15 is 0 Å². The van der Waals surface area contributed by atoms with Gasteiger partial charge in [-0.3, -0.25) is 4.98 Å². The highest BCUT2D eigenvalue weighted by Crippen LogP contribution is 2.32. The van der Waals surface area contributed by atoms with Gasteiger partial charge in [-0.25, -0.2) is 4.98 Å². The van der Waals surface area contributed by atoms with Crippen LogP contribution in [0.3, 0.4) is 0 Å². The molecule has 4 nitrogen and oxygen atoms in total. The number of anilines is 1. The van der Waals surface area contributed by atoms with Crippen molar-refractivity contribution in [3.05, 3.63) is 53.9 Å². The average molecular weight is 277 g/mol. The van der Waals surface area contributed by atoms with Gasteiger partial charge in [-0.2, -0.15) is 0 Å². The molecule has 4 rings (SSSR count). The number of pyridine rings is 2. The van der Waals surface area contributed by atoms with E-state index in [4.69, 9.17) is 10.5 Å². The largest absolute Gasteiger partial charge is 0.437 e. The summed E-state index contributed by atoms with van der Waals surface area (Å²) in [5.74, 6) is 1.30. The number of fused-ring (bicyclic) bond motifs is 2. The fourth-order valence-electron chi connectivity index (χ4n) is 2.82. The van der Waals surface area contributed by atoms with E-state index in [1.54, 1.807) is 6.20 Å². The van der Waals surface area contributed by atoms with Crippen LogP contribution < -0.4 is 10.5 Å². The maximum Gasteiger partial charge on any atom is 0.219 e. The van der Waals surface area contributed by atoms with Crippen LogP contribution in [0.2, 0.25) is 0 Å². The maximum atomic E-state index is 5.98. The first-order chi connectivity index (χ1) is 10.3. The second-order valence-electron chi connectivity index (χ2n) is 5.26. The summed E-state index contributed by atoms with van der Waals surface area (Å²) in [6.45, 7) is 0. The van der Waals surface area contributed by atoms with E-state index in [-0.39, 0.29) is 0 Å². The van der Waals surface area contributed by atoms with Crippen molar-refractivity contribution in [2.45, 2.75) is 19.3 Å². The van der Waals surface area contributed by atoms with Crippen LogP contribution in [0.25, 0.3) is 10.9 Å². The van der Waals surface area contributed by atoms with Gasteiger partial charge in [-0.1, -0.05) is 6.07 Å². The zero-order valence-electron chi connectivity index (χ0n) is 11.5. The molecule has 0 saturated heterocycles. The van der Waals surface area contributed by atoms with Crippen molar-refractivity contribution >= 4 is 16.6 Å². The Morgan fingerprint density at radius 1 is 1.05 bits per heavy atom. The number of hydrogen-bond acceptors (Lipinski definition) is 4. The molecule has 4 heteroatoms. The molecule has 2 heterocycles. The van der Waals surface area contributed by atoms with E-state index in [9.17, 15) is 0 Å². The third-order valence-electron chi connectivity index (χ3n) is 3.88. The highest BCUT2D eigenvalue weighted by atomic mass is 16.5. The Labute approximate surface area is 122 Å². The van der Waals surface area contributed by atoms with Crippen molar-refractivity contribution in [2.75, 3.05) is 5.73 Å². The fraction of sp³-hybridized carbons (Fsp3) is 0.176. The lowest BCUT2D eigenvalue weighted by Gasteiger charge is -2.10. The molecule has 0 amide bonds. The molecule has 0 spiro atoms. The SMILES string of the molecule is Nc1ccc(Oc2ccc3c(n2)CCC3)c2ncccc12. The van der Waals surface area contributed by atoms with E-state index < -0.39 is 0 Å². The van der Waals surface area contributed by atoms with Gasteiger partial charge < -0.3 is 10.5 Å². The monoisotopic (exact) mass is 277 g/mol. The van der Waals surface area contributed by atoms with Gasteiger partial charge in [0.15, 0.2) is 5.75 Å². The van der Waals surface area contributed by atoms with Gasteiger partial charge in [-0.15, -0.1) is 0 Å². The second-order valence-corrected chi connectivity index (χ2v) is 5.26. The van der Waals surface area contributed by atoms with Crippen molar-refractivity contribution < 1.29 is 4.74 Å². The lowest BCUT2D eigenvalue weighted by molar-refractivity contribution is 0.465. The lowest BCUT2D eigenvalue weighted by atomic mass is 10.1. The van der Waals surface area contributed by atoms with Crippen molar-refractivity contribution in [3.8, 4) is 11.6 Å². The number of nitrogens with two attached hydrogens (primary N) is 1. The summed E-state index contributed by atoms with van der Waals surface area (Å²) in [6, 6.07) is 11.5. The highest BCUT2D eigenvalue weighted by Gasteiger charge is 2.14. The number of ether oxygens (including phenoxy) is 1. The van der Waals surface area contributed by atoms with Crippen LogP contribution in [-0.2, 0) is 12.8 Å². The minimum atomic E-state index is 0.618. The Balaban J connectivity index is 1.76. The number of aromatic nitrogens is 2. The number of hydrogen-bond donors (Lipinski definition) is 1. The third-order valence-corrected chi connectivity index (χ3v) is 3.88. The molecule has 0 fully saturated rings. The van der Waals surface area contributed by atoms with Crippen molar-refractivity contribution in [1.82, 2.24) is 9.97 Å². The summed E-state index contributed by atoms with van der Waals surface area (Å²) < 4.78 is 5.94. The van der Waals surface area contributed by atoms with E-state index in [2.05, 4.69) is 16.0 Å². The number of benzene rings is 1. The molecular formula is C17H15N3O. The minimum Gasteiger partial charge on any atom is -0.437 e. The van der Waals surface area contributed by atoms with Crippen molar-refractivity contribution in [2.24, 2.45) is 0 Å². The van der Waals surface area contributed by atoms with E-state index in [0.717, 1.165) is 29.4 Å². The minimum absolute atomic E-state index is 0.618. The average Bonchev–Trinajstić information content (AvgIpc) is 2.98. The molecule has 0 radical (unpaired) electrons. The van der Waals surface area contributed by atoms with Gasteiger partial charge in [0, 0.05) is 29.0 Å². The quantitative estimate of drug-likeness (QED) is 0.728. The predicted octanol–water partition coefficient (Wildman–Crippen LogP) is 3.49. The number of nitrogens with zero attached hydrogens (tertiary/aromatic N) is 2. The lowest BCUT2D eigenvalue weighted by Crippen LogP contribution is -1.95. The second kappa shape index (κ2) is 4.74. The topological polar surface area (TPSA) is 61.0 Å². The van der Waals surface area contributed by atoms with Crippen LogP contribution in [0.15, 0.2) is 42.6 Å². The molecule has 21 heavy (non-hydrogen) atoms. The van der Waals surface area contributed by atoms with Gasteiger partial charge in [0.1, 0.15) is 5.52 Å². The first kappa shape index (κ1) is 12.1. The smallest absolute Gasteiger partial charge is 0.219 e. The molecule has 0 atom stereocenters. The van der Waals surface area contributed by atoms with E-state index in [0.29, 0.717) is 17.3 Å². The molecule has 1 aliphatic rings. The molecule has 0 aliphatic heterocycles. The standard InChI is InChI=1S/C17H15N3O/c18-13-7-8-15(17-12(13)4-2-10-19-17)21-16-9-6-11-3-1-5-14(11)20-16/h2,4,6-10H,1,3,5,18H2. The first-order valence-electron chi connectivity index (χ1n) is 7.11. The highest BCUT2D eigenvalue weighted by molar-refractivity contribution is 5.94. The van der Waals surface area contributed by atoms with Gasteiger partial charge in [0.05, 0.1) is 0 Å². The molecule has 2 N–H and O–H groups in total. The van der Waals surface area contributed by atoms with Crippen molar-refractivity contribution in [3.63, 3.8) is 0 Å². The van der Waals surface area contributed by atoms with Crippen LogP contribution in [0, 0.1) is 0 Å². The summed E-state index contributed by atoms with van der Waals surface area (Å²) in [5.41, 5.74) is 9.93. The van der Waals surface area contributed by atoms with Crippen LogP contribution in [0.1, 0.15) is 17.7 Å². The summed E-state index contributed by atoms with van der Waals surface area (Å²) in [7, 11) is 0. The molecule has 3 aromatic rings. The van der Waals surface area contributed by atoms with Gasteiger partial charge in [0.25, 0.3) is 0 Å². The van der Waals surface area contributed by atoms with E-state index in [1.807, 2.05) is 30.3 Å². The zero-order chi connectivity index (χ0) is 14.2. The maximum absolute atomic E-state index is 5.98. The van der Waals surface area contributed by atoms with Crippen LogP contribution in [0.5, 0.6) is 11.6 Å². The van der Waals surface area contributed by atoms with E-state index in [1.165, 1.54) is 12.0 Å².